The average molecular weight is 354 g/mol. The molecule has 0 N–H and O–H groups in total. The summed E-state index contributed by atoms with van der Waals surface area (Å²) in [5.74, 6) is -1.12. The van der Waals surface area contributed by atoms with Crippen molar-refractivity contribution >= 4 is 25.8 Å². The highest BCUT2D eigenvalue weighted by molar-refractivity contribution is 9.10. The second-order valence-electron chi connectivity index (χ2n) is 4.13. The Bertz CT molecular complexity index is 797. The molecular weight excluding hydrogens is 345 g/mol. The number of halogens is 2. The second-order valence-corrected chi connectivity index (χ2v) is 7.04. The van der Waals surface area contributed by atoms with Crippen molar-refractivity contribution in [2.24, 2.45) is 0 Å². The lowest BCUT2D eigenvalue weighted by atomic mass is 10.1. The van der Waals surface area contributed by atoms with Crippen LogP contribution in [0.2, 0.25) is 0 Å². The molecule has 0 saturated heterocycles. The smallest absolute Gasteiger partial charge is 0.182 e. The molecule has 2 aromatic rings. The van der Waals surface area contributed by atoms with Gasteiger partial charge in [-0.3, -0.25) is 0 Å². The topological polar surface area (TPSA) is 57.9 Å². The highest BCUT2D eigenvalue weighted by Crippen LogP contribution is 2.22. The Balaban J connectivity index is 2.41. The van der Waals surface area contributed by atoms with Crippen molar-refractivity contribution in [2.75, 3.05) is 0 Å². The number of nitriles is 1. The summed E-state index contributed by atoms with van der Waals surface area (Å²) in [6, 6.07) is 11.7. The first kappa shape index (κ1) is 14.7. The highest BCUT2D eigenvalue weighted by atomic mass is 79.9. The molecule has 3 nitrogen and oxygen atoms in total. The van der Waals surface area contributed by atoms with Crippen LogP contribution in [0.15, 0.2) is 51.8 Å². The van der Waals surface area contributed by atoms with E-state index in [-0.39, 0.29) is 16.0 Å². The highest BCUT2D eigenvalue weighted by Gasteiger charge is 2.18. The summed E-state index contributed by atoms with van der Waals surface area (Å²) in [6.45, 7) is 0. The van der Waals surface area contributed by atoms with Gasteiger partial charge in [0, 0.05) is 10.0 Å². The predicted octanol–water partition coefficient (Wildman–Crippen LogP) is 3.43. The first-order chi connectivity index (χ1) is 9.42. The Morgan fingerprint density at radius 3 is 2.60 bits per heavy atom. The van der Waals surface area contributed by atoms with E-state index < -0.39 is 21.4 Å². The second kappa shape index (κ2) is 5.73. The van der Waals surface area contributed by atoms with Crippen molar-refractivity contribution in [1.29, 1.82) is 5.26 Å². The maximum Gasteiger partial charge on any atom is 0.182 e. The minimum Gasteiger partial charge on any atom is -0.223 e. The molecule has 0 aliphatic rings. The Kier molecular flexibility index (Phi) is 4.21. The van der Waals surface area contributed by atoms with E-state index in [1.165, 1.54) is 24.3 Å². The fourth-order valence-electron chi connectivity index (χ4n) is 1.70. The zero-order valence-electron chi connectivity index (χ0n) is 10.2. The number of benzene rings is 2. The molecule has 0 aromatic heterocycles. The summed E-state index contributed by atoms with van der Waals surface area (Å²) in [5.41, 5.74) is 0.217. The molecule has 0 fully saturated rings. The van der Waals surface area contributed by atoms with Gasteiger partial charge in [-0.25, -0.2) is 12.8 Å². The molecule has 0 radical (unpaired) electrons. The van der Waals surface area contributed by atoms with Crippen molar-refractivity contribution in [2.45, 2.75) is 10.6 Å². The van der Waals surface area contributed by atoms with Crippen molar-refractivity contribution in [3.63, 3.8) is 0 Å². The van der Waals surface area contributed by atoms with Gasteiger partial charge in [0.15, 0.2) is 9.84 Å². The van der Waals surface area contributed by atoms with Gasteiger partial charge in [0.2, 0.25) is 0 Å². The standard InChI is InChI=1S/C14H9BrFNO2S/c15-12-2-1-3-13(7-12)20(18,19)9-11-6-10(8-17)4-5-14(11)16/h1-7H,9H2. The van der Waals surface area contributed by atoms with E-state index in [4.69, 9.17) is 5.26 Å². The molecule has 2 aromatic carbocycles. The average Bonchev–Trinajstić information content (AvgIpc) is 2.41. The summed E-state index contributed by atoms with van der Waals surface area (Å²) in [4.78, 5) is 0.105. The number of rotatable bonds is 3. The molecule has 2 rings (SSSR count). The fraction of sp³-hybridized carbons (Fsp3) is 0.0714. The van der Waals surface area contributed by atoms with Crippen LogP contribution >= 0.6 is 15.9 Å². The molecule has 0 amide bonds. The summed E-state index contributed by atoms with van der Waals surface area (Å²) in [7, 11) is -3.66. The Morgan fingerprint density at radius 1 is 1.20 bits per heavy atom. The van der Waals surface area contributed by atoms with E-state index in [1.54, 1.807) is 12.1 Å². The normalized spacial score (nSPS) is 11.1. The van der Waals surface area contributed by atoms with Gasteiger partial charge in [-0.2, -0.15) is 5.26 Å². The van der Waals surface area contributed by atoms with Crippen molar-refractivity contribution in [3.8, 4) is 6.07 Å². The molecule has 0 aliphatic heterocycles. The van der Waals surface area contributed by atoms with Gasteiger partial charge < -0.3 is 0 Å². The molecule has 6 heteroatoms. The lowest BCUT2D eigenvalue weighted by Gasteiger charge is -2.06. The quantitative estimate of drug-likeness (QED) is 0.849. The molecule has 0 spiro atoms. The number of nitrogens with zero attached hydrogens (tertiary/aromatic N) is 1. The number of sulfone groups is 1. The molecule has 102 valence electrons. The van der Waals surface area contributed by atoms with Crippen LogP contribution in [0.5, 0.6) is 0 Å². The van der Waals surface area contributed by atoms with Crippen molar-refractivity contribution < 1.29 is 12.8 Å². The molecule has 0 aliphatic carbocycles. The Morgan fingerprint density at radius 2 is 1.95 bits per heavy atom. The Labute approximate surface area is 124 Å². The maximum atomic E-state index is 13.6. The largest absolute Gasteiger partial charge is 0.223 e. The van der Waals surface area contributed by atoms with Gasteiger partial charge in [-0.1, -0.05) is 22.0 Å². The van der Waals surface area contributed by atoms with Crippen molar-refractivity contribution in [1.82, 2.24) is 0 Å². The van der Waals surface area contributed by atoms with Crippen LogP contribution in [0.4, 0.5) is 4.39 Å². The van der Waals surface area contributed by atoms with Crippen LogP contribution in [0.25, 0.3) is 0 Å². The van der Waals surface area contributed by atoms with Crippen LogP contribution < -0.4 is 0 Å². The van der Waals surface area contributed by atoms with Crippen molar-refractivity contribution in [3.05, 3.63) is 63.9 Å². The first-order valence-electron chi connectivity index (χ1n) is 5.59. The lowest BCUT2D eigenvalue weighted by Crippen LogP contribution is -2.06. The third-order valence-electron chi connectivity index (χ3n) is 2.68. The third kappa shape index (κ3) is 3.24. The molecule has 0 unspecified atom stereocenters. The van der Waals surface area contributed by atoms with Gasteiger partial charge in [0.05, 0.1) is 22.3 Å². The minimum atomic E-state index is -3.66. The van der Waals surface area contributed by atoms with Crippen LogP contribution in [0, 0.1) is 17.1 Å². The summed E-state index contributed by atoms with van der Waals surface area (Å²) >= 11 is 3.20. The van der Waals surface area contributed by atoms with E-state index in [0.717, 1.165) is 6.07 Å². The van der Waals surface area contributed by atoms with Crippen LogP contribution in [0.1, 0.15) is 11.1 Å². The zero-order valence-corrected chi connectivity index (χ0v) is 12.6. The SMILES string of the molecule is N#Cc1ccc(F)c(CS(=O)(=O)c2cccc(Br)c2)c1. The molecule has 0 bridgehead atoms. The maximum absolute atomic E-state index is 13.6. The molecule has 0 saturated carbocycles. The molecule has 0 heterocycles. The minimum absolute atomic E-state index is 0.0102. The molecule has 20 heavy (non-hydrogen) atoms. The monoisotopic (exact) mass is 353 g/mol. The van der Waals surface area contributed by atoms with E-state index in [1.807, 2.05) is 6.07 Å². The summed E-state index contributed by atoms with van der Waals surface area (Å²) in [5, 5.41) is 8.78. The van der Waals surface area contributed by atoms with Gasteiger partial charge in [-0.15, -0.1) is 0 Å². The van der Waals surface area contributed by atoms with Gasteiger partial charge in [0.25, 0.3) is 0 Å². The number of hydrogen-bond acceptors (Lipinski definition) is 3. The predicted molar refractivity (Wildman–Crippen MR) is 76.1 cm³/mol. The van der Waals surface area contributed by atoms with Crippen LogP contribution in [-0.2, 0) is 15.6 Å². The van der Waals surface area contributed by atoms with Crippen LogP contribution in [-0.4, -0.2) is 8.42 Å². The van der Waals surface area contributed by atoms with Gasteiger partial charge >= 0.3 is 0 Å². The van der Waals surface area contributed by atoms with E-state index >= 15 is 0 Å². The van der Waals surface area contributed by atoms with E-state index in [2.05, 4.69) is 15.9 Å². The summed E-state index contributed by atoms with van der Waals surface area (Å²) < 4.78 is 38.7. The lowest BCUT2D eigenvalue weighted by molar-refractivity contribution is 0.587. The zero-order chi connectivity index (χ0) is 14.8. The van der Waals surface area contributed by atoms with Crippen LogP contribution in [0.3, 0.4) is 0 Å². The van der Waals surface area contributed by atoms with E-state index in [9.17, 15) is 12.8 Å². The van der Waals surface area contributed by atoms with E-state index in [0.29, 0.717) is 4.47 Å². The summed E-state index contributed by atoms with van der Waals surface area (Å²) in [6.07, 6.45) is 0. The third-order valence-corrected chi connectivity index (χ3v) is 4.83. The molecule has 0 atom stereocenters. The van der Waals surface area contributed by atoms with Gasteiger partial charge in [-0.05, 0) is 36.4 Å². The molecular formula is C14H9BrFNO2S. The number of hydrogen-bond donors (Lipinski definition) is 0. The van der Waals surface area contributed by atoms with Gasteiger partial charge in [0.1, 0.15) is 5.82 Å². The Hall–Kier alpha value is -1.71. The fourth-order valence-corrected chi connectivity index (χ4v) is 3.64. The first-order valence-corrected chi connectivity index (χ1v) is 8.04.